The molecule has 5 rings (SSSR count). The van der Waals surface area contributed by atoms with Crippen molar-refractivity contribution in [2.75, 3.05) is 41.0 Å². The van der Waals surface area contributed by atoms with Gasteiger partial charge in [-0.3, -0.25) is 10.3 Å². The third-order valence-corrected chi connectivity index (χ3v) is 9.46. The molecule has 0 amide bonds. The second-order valence-corrected chi connectivity index (χ2v) is 13.1. The van der Waals surface area contributed by atoms with Gasteiger partial charge in [0.05, 0.1) is 36.4 Å². The van der Waals surface area contributed by atoms with Crippen molar-refractivity contribution >= 4 is 35.1 Å². The number of ether oxygens (including phenoxy) is 4. The zero-order valence-electron chi connectivity index (χ0n) is 28.2. The zero-order chi connectivity index (χ0) is 35.6. The van der Waals surface area contributed by atoms with E-state index in [0.717, 1.165) is 31.5 Å². The van der Waals surface area contributed by atoms with Crippen LogP contribution < -0.4 is 14.8 Å². The number of esters is 2. The summed E-state index contributed by atoms with van der Waals surface area (Å²) in [6, 6.07) is 17.9. The molecule has 1 saturated heterocycles. The summed E-state index contributed by atoms with van der Waals surface area (Å²) < 4.78 is 22.7. The van der Waals surface area contributed by atoms with Gasteiger partial charge in [-0.15, -0.1) is 0 Å². The van der Waals surface area contributed by atoms with E-state index < -0.39 is 24.1 Å². The van der Waals surface area contributed by atoms with Gasteiger partial charge in [-0.2, -0.15) is 0 Å². The van der Waals surface area contributed by atoms with Crippen LogP contribution in [0, 0.1) is 5.92 Å². The largest absolute Gasteiger partial charge is 0.508 e. The molecule has 1 unspecified atom stereocenters. The number of aromatic nitrogens is 1. The maximum Gasteiger partial charge on any atom is 0.338 e. The molecule has 0 saturated carbocycles. The first-order chi connectivity index (χ1) is 24.1. The Balaban J connectivity index is 1.28. The molecule has 2 N–H and O–H groups in total. The fourth-order valence-corrected chi connectivity index (χ4v) is 6.35. The van der Waals surface area contributed by atoms with Gasteiger partial charge in [-0.05, 0) is 97.5 Å². The number of pyridine rings is 1. The van der Waals surface area contributed by atoms with E-state index in [9.17, 15) is 14.7 Å². The van der Waals surface area contributed by atoms with Gasteiger partial charge in [0.1, 0.15) is 17.9 Å². The molecule has 2 atom stereocenters. The van der Waals surface area contributed by atoms with Crippen molar-refractivity contribution in [2.45, 2.75) is 38.0 Å². The first-order valence-electron chi connectivity index (χ1n) is 16.3. The van der Waals surface area contributed by atoms with Crippen molar-refractivity contribution in [3.05, 3.63) is 117 Å². The molecule has 0 spiro atoms. The van der Waals surface area contributed by atoms with Crippen LogP contribution in [0.25, 0.3) is 0 Å². The van der Waals surface area contributed by atoms with Crippen molar-refractivity contribution in [3.63, 3.8) is 0 Å². The number of piperidine rings is 1. The van der Waals surface area contributed by atoms with Gasteiger partial charge >= 0.3 is 11.9 Å². The fourth-order valence-electron chi connectivity index (χ4n) is 5.83. The number of carbonyl (C=O) groups is 2. The Morgan fingerprint density at radius 1 is 0.940 bits per heavy atom. The average Bonchev–Trinajstić information content (AvgIpc) is 3.12. The van der Waals surface area contributed by atoms with Crippen LogP contribution in [0.15, 0.2) is 79.1 Å². The summed E-state index contributed by atoms with van der Waals surface area (Å²) in [7, 11) is 5.16. The topological polar surface area (TPSA) is 119 Å². The summed E-state index contributed by atoms with van der Waals surface area (Å²) in [6.07, 6.45) is 4.34. The summed E-state index contributed by atoms with van der Waals surface area (Å²) in [6.45, 7) is 2.60. The molecule has 2 heterocycles. The van der Waals surface area contributed by atoms with Crippen LogP contribution in [0.5, 0.6) is 17.2 Å². The fraction of sp³-hybridized carbons (Fsp3) is 0.342. The number of aromatic hydroxyl groups is 1. The Morgan fingerprint density at radius 2 is 1.64 bits per heavy atom. The number of phenols is 1. The van der Waals surface area contributed by atoms with Gasteiger partial charge in [-0.1, -0.05) is 53.5 Å². The minimum absolute atomic E-state index is 0.0557. The molecule has 0 bridgehead atoms. The number of phenolic OH excluding ortho intramolecular Hbond substituents is 1. The highest BCUT2D eigenvalue weighted by molar-refractivity contribution is 6.35. The van der Waals surface area contributed by atoms with Gasteiger partial charge in [0, 0.05) is 25.4 Å². The molecule has 1 aromatic heterocycles. The number of halogens is 2. The van der Waals surface area contributed by atoms with Crippen molar-refractivity contribution in [1.29, 1.82) is 0 Å². The predicted molar refractivity (Wildman–Crippen MR) is 191 cm³/mol. The molecule has 10 nitrogen and oxygen atoms in total. The number of hydrogen-bond acceptors (Lipinski definition) is 10. The molecule has 1 fully saturated rings. The number of likely N-dealkylation sites (tertiary alicyclic amines) is 1. The van der Waals surface area contributed by atoms with E-state index in [2.05, 4.69) is 22.2 Å². The van der Waals surface area contributed by atoms with Gasteiger partial charge in [-0.25, -0.2) is 9.59 Å². The number of rotatable bonds is 14. The van der Waals surface area contributed by atoms with Crippen LogP contribution >= 0.6 is 23.2 Å². The zero-order valence-corrected chi connectivity index (χ0v) is 29.7. The van der Waals surface area contributed by atoms with Crippen LogP contribution in [0.3, 0.4) is 0 Å². The summed E-state index contributed by atoms with van der Waals surface area (Å²) in [5.41, 5.74) is 2.98. The first kappa shape index (κ1) is 36.9. The highest BCUT2D eigenvalue weighted by atomic mass is 35.5. The van der Waals surface area contributed by atoms with Crippen LogP contribution in [-0.4, -0.2) is 67.9 Å². The van der Waals surface area contributed by atoms with Gasteiger partial charge in [0.25, 0.3) is 0 Å². The van der Waals surface area contributed by atoms with E-state index in [1.54, 1.807) is 73.8 Å². The van der Waals surface area contributed by atoms with Gasteiger partial charge in [0.15, 0.2) is 11.5 Å². The lowest BCUT2D eigenvalue weighted by molar-refractivity contribution is -0.148. The highest BCUT2D eigenvalue weighted by Gasteiger charge is 2.26. The Labute approximate surface area is 302 Å². The quantitative estimate of drug-likeness (QED) is 0.132. The highest BCUT2D eigenvalue weighted by Crippen LogP contribution is 2.35. The lowest BCUT2D eigenvalue weighted by Crippen LogP contribution is -2.34. The van der Waals surface area contributed by atoms with E-state index in [1.165, 1.54) is 19.5 Å². The molecule has 1 aliphatic heterocycles. The monoisotopic (exact) mass is 721 g/mol. The molecule has 50 heavy (non-hydrogen) atoms. The third-order valence-electron chi connectivity index (χ3n) is 8.81. The van der Waals surface area contributed by atoms with Crippen molar-refractivity contribution in [1.82, 2.24) is 15.2 Å². The van der Waals surface area contributed by atoms with Crippen LogP contribution in [0.1, 0.15) is 57.6 Å². The Kier molecular flexibility index (Phi) is 12.9. The van der Waals surface area contributed by atoms with E-state index in [0.29, 0.717) is 62.9 Å². The van der Waals surface area contributed by atoms with E-state index in [1.807, 2.05) is 0 Å². The first-order valence-corrected chi connectivity index (χ1v) is 17.1. The molecule has 12 heteroatoms. The second kappa shape index (κ2) is 17.5. The second-order valence-electron chi connectivity index (χ2n) is 12.3. The molecule has 264 valence electrons. The molecule has 0 aliphatic carbocycles. The average molecular weight is 723 g/mol. The maximum absolute atomic E-state index is 13.5. The predicted octanol–water partition coefficient (Wildman–Crippen LogP) is 6.97. The lowest BCUT2D eigenvalue weighted by atomic mass is 9.98. The molecule has 4 aromatic rings. The van der Waals surface area contributed by atoms with E-state index in [4.69, 9.17) is 42.1 Å². The summed E-state index contributed by atoms with van der Waals surface area (Å²) in [4.78, 5) is 33.1. The third kappa shape index (κ3) is 9.66. The minimum atomic E-state index is -0.799. The van der Waals surface area contributed by atoms with Crippen molar-refractivity contribution in [3.8, 4) is 17.2 Å². The Morgan fingerprint density at radius 3 is 2.30 bits per heavy atom. The normalized spacial score (nSPS) is 14.8. The van der Waals surface area contributed by atoms with Gasteiger partial charge < -0.3 is 29.0 Å². The maximum atomic E-state index is 13.5. The molecule has 3 aromatic carbocycles. The van der Waals surface area contributed by atoms with Crippen LogP contribution in [-0.2, 0) is 27.2 Å². The summed E-state index contributed by atoms with van der Waals surface area (Å²) in [5, 5.41) is 14.1. The van der Waals surface area contributed by atoms with Crippen molar-refractivity contribution < 1.29 is 33.6 Å². The summed E-state index contributed by atoms with van der Waals surface area (Å²) in [5.74, 6) is 0.412. The van der Waals surface area contributed by atoms with Crippen LogP contribution in [0.4, 0.5) is 0 Å². The molecular formula is C38H41Cl2N3O7. The number of methoxy groups -OCH3 is 2. The molecule has 0 radical (unpaired) electrons. The van der Waals surface area contributed by atoms with Crippen molar-refractivity contribution in [2.24, 2.45) is 5.92 Å². The Bertz CT molecular complexity index is 1740. The summed E-state index contributed by atoms with van der Waals surface area (Å²) >= 11 is 12.9. The molecule has 1 aliphatic rings. The lowest BCUT2D eigenvalue weighted by Gasteiger charge is -2.29. The Hall–Kier alpha value is -4.35. The number of hydrogen-bond donors (Lipinski definition) is 2. The SMILES string of the molecule is COc1ccc([C@H](Cc2c(Cl)cncc2Cl)OC(=O)c2ccc(CNC(C(=O)OCC3CCN(C)CC3)c3cccc(O)c3)cc2)cc1OC. The minimum Gasteiger partial charge on any atom is -0.508 e. The number of nitrogens with one attached hydrogen (secondary N) is 1. The smallest absolute Gasteiger partial charge is 0.338 e. The van der Waals surface area contributed by atoms with Crippen LogP contribution in [0.2, 0.25) is 10.0 Å². The number of carbonyl (C=O) groups excluding carboxylic acids is 2. The van der Waals surface area contributed by atoms with E-state index >= 15 is 0 Å². The number of nitrogens with zero attached hydrogens (tertiary/aromatic N) is 2. The van der Waals surface area contributed by atoms with Gasteiger partial charge in [0.2, 0.25) is 0 Å². The van der Waals surface area contributed by atoms with E-state index in [-0.39, 0.29) is 12.2 Å². The standard InChI is InChI=1S/C38H41Cl2N3O7/c1-43-15-13-25(14-16-43)23-49-38(46)36(28-5-4-6-29(44)17-28)42-20-24-7-9-26(10-8-24)37(45)50-34(19-30-31(39)21-41-22-32(30)40)27-11-12-33(47-2)35(18-27)48-3/h4-12,17-18,21-22,25,34,36,42,44H,13-16,19-20,23H2,1-3H3/t34-,36?/m0/s1. The number of benzene rings is 3. The molecular weight excluding hydrogens is 681 g/mol.